The summed E-state index contributed by atoms with van der Waals surface area (Å²) in [6.07, 6.45) is 6.45. The second kappa shape index (κ2) is 3.07. The molecule has 0 radical (unpaired) electrons. The molecule has 3 rings (SSSR count). The van der Waals surface area contributed by atoms with Crippen molar-refractivity contribution in [2.45, 2.75) is 51.5 Å². The van der Waals surface area contributed by atoms with Crippen LogP contribution in [0.4, 0.5) is 0 Å². The first-order chi connectivity index (χ1) is 6.84. The molecule has 0 N–H and O–H groups in total. The molecule has 2 aliphatic rings. The van der Waals surface area contributed by atoms with Crippen molar-refractivity contribution in [1.82, 2.24) is 14.8 Å². The summed E-state index contributed by atoms with van der Waals surface area (Å²) in [5, 5.41) is 8.69. The maximum atomic E-state index is 4.37. The van der Waals surface area contributed by atoms with Gasteiger partial charge in [0, 0.05) is 18.9 Å². The van der Waals surface area contributed by atoms with Crippen molar-refractivity contribution in [1.29, 1.82) is 0 Å². The standard InChI is InChI=1S/C11H17N3/c1-8-5-6-14-10(7-8)12-13-11(14)9-3-2-4-9/h8-9H,2-7H2,1H3. The van der Waals surface area contributed by atoms with Gasteiger partial charge in [-0.1, -0.05) is 13.3 Å². The van der Waals surface area contributed by atoms with Crippen molar-refractivity contribution in [2.24, 2.45) is 5.92 Å². The van der Waals surface area contributed by atoms with Crippen molar-refractivity contribution in [3.8, 4) is 0 Å². The molecule has 0 spiro atoms. The zero-order chi connectivity index (χ0) is 9.54. The Labute approximate surface area is 84.5 Å². The first kappa shape index (κ1) is 8.45. The lowest BCUT2D eigenvalue weighted by Gasteiger charge is -2.27. The zero-order valence-corrected chi connectivity index (χ0v) is 8.74. The summed E-state index contributed by atoms with van der Waals surface area (Å²) in [6, 6.07) is 0. The van der Waals surface area contributed by atoms with Gasteiger partial charge in [-0.05, 0) is 25.2 Å². The maximum Gasteiger partial charge on any atom is 0.136 e. The van der Waals surface area contributed by atoms with Gasteiger partial charge in [-0.15, -0.1) is 10.2 Å². The Balaban J connectivity index is 1.91. The van der Waals surface area contributed by atoms with Crippen LogP contribution in [0.1, 0.15) is 50.2 Å². The Morgan fingerprint density at radius 3 is 2.79 bits per heavy atom. The normalized spacial score (nSPS) is 27.1. The highest BCUT2D eigenvalue weighted by molar-refractivity contribution is 5.07. The largest absolute Gasteiger partial charge is 0.315 e. The molecule has 1 aliphatic carbocycles. The van der Waals surface area contributed by atoms with Gasteiger partial charge in [-0.2, -0.15) is 0 Å². The Kier molecular flexibility index (Phi) is 1.85. The van der Waals surface area contributed by atoms with Crippen LogP contribution in [-0.4, -0.2) is 14.8 Å². The van der Waals surface area contributed by atoms with Gasteiger partial charge in [0.1, 0.15) is 11.6 Å². The molecule has 1 fully saturated rings. The van der Waals surface area contributed by atoms with Crippen molar-refractivity contribution in [3.05, 3.63) is 11.6 Å². The van der Waals surface area contributed by atoms with Crippen LogP contribution in [0.3, 0.4) is 0 Å². The molecule has 1 unspecified atom stereocenters. The van der Waals surface area contributed by atoms with Crippen LogP contribution in [-0.2, 0) is 13.0 Å². The summed E-state index contributed by atoms with van der Waals surface area (Å²) >= 11 is 0. The van der Waals surface area contributed by atoms with E-state index >= 15 is 0 Å². The highest BCUT2D eigenvalue weighted by Crippen LogP contribution is 2.36. The number of nitrogens with zero attached hydrogens (tertiary/aromatic N) is 3. The number of hydrogen-bond acceptors (Lipinski definition) is 2. The lowest BCUT2D eigenvalue weighted by molar-refractivity contribution is 0.355. The summed E-state index contributed by atoms with van der Waals surface area (Å²) in [5.74, 6) is 4.02. The first-order valence-electron chi connectivity index (χ1n) is 5.76. The molecule has 1 aromatic heterocycles. The molecule has 0 amide bonds. The second-order valence-corrected chi connectivity index (χ2v) is 4.85. The Bertz CT molecular complexity index is 338. The van der Waals surface area contributed by atoms with Crippen LogP contribution >= 0.6 is 0 Å². The fourth-order valence-corrected chi connectivity index (χ4v) is 2.48. The molecule has 1 saturated carbocycles. The molecule has 1 aromatic rings. The number of fused-ring (bicyclic) bond motifs is 1. The highest BCUT2D eigenvalue weighted by atomic mass is 15.3. The van der Waals surface area contributed by atoms with Gasteiger partial charge in [0.2, 0.25) is 0 Å². The van der Waals surface area contributed by atoms with Crippen molar-refractivity contribution in [2.75, 3.05) is 0 Å². The first-order valence-corrected chi connectivity index (χ1v) is 5.76. The Morgan fingerprint density at radius 1 is 1.21 bits per heavy atom. The molecule has 0 aromatic carbocycles. The van der Waals surface area contributed by atoms with Crippen LogP contribution in [0, 0.1) is 5.92 Å². The lowest BCUT2D eigenvalue weighted by Crippen LogP contribution is -2.22. The van der Waals surface area contributed by atoms with E-state index in [1.54, 1.807) is 0 Å². The van der Waals surface area contributed by atoms with Crippen LogP contribution in [0.2, 0.25) is 0 Å². The van der Waals surface area contributed by atoms with Gasteiger partial charge >= 0.3 is 0 Å². The van der Waals surface area contributed by atoms with E-state index in [1.807, 2.05) is 0 Å². The molecular weight excluding hydrogens is 174 g/mol. The van der Waals surface area contributed by atoms with Crippen LogP contribution in [0.5, 0.6) is 0 Å². The third kappa shape index (κ3) is 1.18. The predicted octanol–water partition coefficient (Wildman–Crippen LogP) is 2.13. The fraction of sp³-hybridized carbons (Fsp3) is 0.818. The Morgan fingerprint density at radius 2 is 2.07 bits per heavy atom. The van der Waals surface area contributed by atoms with Crippen LogP contribution in [0.15, 0.2) is 0 Å². The summed E-state index contributed by atoms with van der Waals surface area (Å²) in [5.41, 5.74) is 0. The number of aromatic nitrogens is 3. The topological polar surface area (TPSA) is 30.7 Å². The third-order valence-corrected chi connectivity index (χ3v) is 3.70. The smallest absolute Gasteiger partial charge is 0.136 e. The van der Waals surface area contributed by atoms with Crippen LogP contribution in [0.25, 0.3) is 0 Å². The van der Waals surface area contributed by atoms with Gasteiger partial charge in [0.25, 0.3) is 0 Å². The van der Waals surface area contributed by atoms with Crippen molar-refractivity contribution >= 4 is 0 Å². The fourth-order valence-electron chi connectivity index (χ4n) is 2.48. The van der Waals surface area contributed by atoms with Gasteiger partial charge in [-0.25, -0.2) is 0 Å². The average Bonchev–Trinajstić information content (AvgIpc) is 2.45. The van der Waals surface area contributed by atoms with E-state index in [9.17, 15) is 0 Å². The third-order valence-electron chi connectivity index (χ3n) is 3.70. The average molecular weight is 191 g/mol. The molecule has 14 heavy (non-hydrogen) atoms. The van der Waals surface area contributed by atoms with E-state index in [2.05, 4.69) is 21.7 Å². The van der Waals surface area contributed by atoms with E-state index in [1.165, 1.54) is 37.3 Å². The number of hydrogen-bond donors (Lipinski definition) is 0. The molecule has 1 aliphatic heterocycles. The number of rotatable bonds is 1. The van der Waals surface area contributed by atoms with Gasteiger partial charge in [0.15, 0.2) is 0 Å². The van der Waals surface area contributed by atoms with Crippen LogP contribution < -0.4 is 0 Å². The summed E-state index contributed by atoms with van der Waals surface area (Å²) in [4.78, 5) is 0. The SMILES string of the molecule is CC1CCn2c(nnc2C2CCC2)C1. The minimum atomic E-state index is 0.727. The zero-order valence-electron chi connectivity index (χ0n) is 8.74. The Hall–Kier alpha value is -0.860. The molecule has 0 saturated heterocycles. The molecular formula is C11H17N3. The maximum absolute atomic E-state index is 4.37. The van der Waals surface area contributed by atoms with Gasteiger partial charge in [0.05, 0.1) is 0 Å². The van der Waals surface area contributed by atoms with E-state index < -0.39 is 0 Å². The predicted molar refractivity (Wildman–Crippen MR) is 54.1 cm³/mol. The molecule has 76 valence electrons. The lowest BCUT2D eigenvalue weighted by atomic mass is 9.84. The summed E-state index contributed by atoms with van der Waals surface area (Å²) in [6.45, 7) is 3.45. The molecule has 2 heterocycles. The summed E-state index contributed by atoms with van der Waals surface area (Å²) < 4.78 is 2.38. The van der Waals surface area contributed by atoms with Crippen molar-refractivity contribution in [3.63, 3.8) is 0 Å². The minimum Gasteiger partial charge on any atom is -0.315 e. The molecule has 3 heteroatoms. The molecule has 1 atom stereocenters. The van der Waals surface area contributed by atoms with E-state index in [-0.39, 0.29) is 0 Å². The summed E-state index contributed by atoms with van der Waals surface area (Å²) in [7, 11) is 0. The van der Waals surface area contributed by atoms with Gasteiger partial charge < -0.3 is 4.57 Å². The van der Waals surface area contributed by atoms with E-state index in [0.29, 0.717) is 0 Å². The minimum absolute atomic E-state index is 0.727. The second-order valence-electron chi connectivity index (χ2n) is 4.85. The molecule has 0 bridgehead atoms. The monoisotopic (exact) mass is 191 g/mol. The van der Waals surface area contributed by atoms with E-state index in [4.69, 9.17) is 0 Å². The highest BCUT2D eigenvalue weighted by Gasteiger charge is 2.28. The van der Waals surface area contributed by atoms with Gasteiger partial charge in [-0.3, -0.25) is 0 Å². The van der Waals surface area contributed by atoms with Crippen molar-refractivity contribution < 1.29 is 0 Å². The molecule has 3 nitrogen and oxygen atoms in total. The van der Waals surface area contributed by atoms with E-state index in [0.717, 1.165) is 24.8 Å². The quantitative estimate of drug-likeness (QED) is 0.680.